The summed E-state index contributed by atoms with van der Waals surface area (Å²) in [4.78, 5) is 11.0. The van der Waals surface area contributed by atoms with Crippen LogP contribution in [0, 0.1) is 0 Å². The van der Waals surface area contributed by atoms with Gasteiger partial charge < -0.3 is 14.2 Å². The Labute approximate surface area is 121 Å². The van der Waals surface area contributed by atoms with Gasteiger partial charge in [-0.15, -0.1) is 0 Å². The third-order valence-electron chi connectivity index (χ3n) is 3.03. The Hall–Kier alpha value is -1.55. The predicted octanol–water partition coefficient (Wildman–Crippen LogP) is 3.72. The SMILES string of the molecule is CCCC(CC)OCc1ccc(OC(C)=O)c(OC)c1. The number of carbonyl (C=O) groups is 1. The maximum Gasteiger partial charge on any atom is 0.308 e. The molecule has 0 bridgehead atoms. The van der Waals surface area contributed by atoms with Crippen LogP contribution in [0.3, 0.4) is 0 Å². The standard InChI is InChI=1S/C16H24O4/c1-5-7-14(6-2)19-11-13-8-9-15(20-12(3)17)16(10-13)18-4/h8-10,14H,5-7,11H2,1-4H3. The molecule has 0 amide bonds. The van der Waals surface area contributed by atoms with Crippen LogP contribution in [0.1, 0.15) is 45.6 Å². The lowest BCUT2D eigenvalue weighted by Gasteiger charge is -2.16. The lowest BCUT2D eigenvalue weighted by molar-refractivity contribution is -0.132. The molecule has 0 aliphatic rings. The summed E-state index contributed by atoms with van der Waals surface area (Å²) >= 11 is 0. The lowest BCUT2D eigenvalue weighted by atomic mass is 10.1. The molecule has 0 fully saturated rings. The Kier molecular flexibility index (Phi) is 7.09. The van der Waals surface area contributed by atoms with Crippen molar-refractivity contribution in [3.63, 3.8) is 0 Å². The zero-order valence-electron chi connectivity index (χ0n) is 12.8. The van der Waals surface area contributed by atoms with Gasteiger partial charge in [0.05, 0.1) is 19.8 Å². The first-order valence-electron chi connectivity index (χ1n) is 7.07. The van der Waals surface area contributed by atoms with Crippen molar-refractivity contribution >= 4 is 5.97 Å². The van der Waals surface area contributed by atoms with E-state index in [9.17, 15) is 4.79 Å². The van der Waals surface area contributed by atoms with Crippen LogP contribution in [0.2, 0.25) is 0 Å². The number of methoxy groups -OCH3 is 1. The fraction of sp³-hybridized carbons (Fsp3) is 0.562. The number of carbonyl (C=O) groups excluding carboxylic acids is 1. The van der Waals surface area contributed by atoms with Crippen LogP contribution in [-0.4, -0.2) is 19.2 Å². The third kappa shape index (κ3) is 5.21. The molecule has 0 N–H and O–H groups in total. The van der Waals surface area contributed by atoms with E-state index in [1.807, 2.05) is 12.1 Å². The second kappa shape index (κ2) is 8.59. The number of ether oxygens (including phenoxy) is 3. The Morgan fingerprint density at radius 2 is 2.00 bits per heavy atom. The summed E-state index contributed by atoms with van der Waals surface area (Å²) in [6.07, 6.45) is 3.49. The summed E-state index contributed by atoms with van der Waals surface area (Å²) in [7, 11) is 1.55. The van der Waals surface area contributed by atoms with E-state index in [1.165, 1.54) is 6.92 Å². The van der Waals surface area contributed by atoms with Gasteiger partial charge in [0, 0.05) is 6.92 Å². The molecule has 1 rings (SSSR count). The molecule has 0 aliphatic carbocycles. The number of hydrogen-bond donors (Lipinski definition) is 0. The van der Waals surface area contributed by atoms with Crippen LogP contribution in [0.4, 0.5) is 0 Å². The molecule has 1 aromatic rings. The van der Waals surface area contributed by atoms with Gasteiger partial charge in [0.1, 0.15) is 0 Å². The first-order valence-corrected chi connectivity index (χ1v) is 7.07. The Bertz CT molecular complexity index is 428. The predicted molar refractivity (Wildman–Crippen MR) is 78.1 cm³/mol. The number of esters is 1. The Morgan fingerprint density at radius 1 is 1.25 bits per heavy atom. The molecule has 0 aliphatic heterocycles. The van der Waals surface area contributed by atoms with Crippen molar-refractivity contribution in [3.05, 3.63) is 23.8 Å². The van der Waals surface area contributed by atoms with E-state index >= 15 is 0 Å². The number of benzene rings is 1. The molecule has 0 radical (unpaired) electrons. The maximum atomic E-state index is 11.0. The molecular weight excluding hydrogens is 256 g/mol. The molecule has 0 spiro atoms. The van der Waals surface area contributed by atoms with Crippen LogP contribution < -0.4 is 9.47 Å². The average Bonchev–Trinajstić information content (AvgIpc) is 2.44. The minimum absolute atomic E-state index is 0.291. The second-order valence-electron chi connectivity index (χ2n) is 4.71. The summed E-state index contributed by atoms with van der Waals surface area (Å²) in [6.45, 7) is 6.19. The molecule has 20 heavy (non-hydrogen) atoms. The first kappa shape index (κ1) is 16.5. The van der Waals surface area contributed by atoms with Gasteiger partial charge in [0.25, 0.3) is 0 Å². The summed E-state index contributed by atoms with van der Waals surface area (Å²) in [5.41, 5.74) is 1.01. The van der Waals surface area contributed by atoms with E-state index in [0.29, 0.717) is 24.2 Å². The fourth-order valence-corrected chi connectivity index (χ4v) is 1.98. The smallest absolute Gasteiger partial charge is 0.308 e. The van der Waals surface area contributed by atoms with Gasteiger partial charge in [0.15, 0.2) is 11.5 Å². The normalized spacial score (nSPS) is 12.0. The van der Waals surface area contributed by atoms with Crippen LogP contribution in [0.5, 0.6) is 11.5 Å². The minimum Gasteiger partial charge on any atom is -0.493 e. The largest absolute Gasteiger partial charge is 0.493 e. The highest BCUT2D eigenvalue weighted by atomic mass is 16.6. The Morgan fingerprint density at radius 3 is 2.55 bits per heavy atom. The van der Waals surface area contributed by atoms with Crippen molar-refractivity contribution in [3.8, 4) is 11.5 Å². The summed E-state index contributed by atoms with van der Waals surface area (Å²) in [6, 6.07) is 5.47. The summed E-state index contributed by atoms with van der Waals surface area (Å²) in [5, 5.41) is 0. The van der Waals surface area contributed by atoms with E-state index in [4.69, 9.17) is 14.2 Å². The zero-order chi connectivity index (χ0) is 15.0. The highest BCUT2D eigenvalue weighted by Crippen LogP contribution is 2.28. The zero-order valence-corrected chi connectivity index (χ0v) is 12.8. The number of rotatable bonds is 8. The van der Waals surface area contributed by atoms with Crippen molar-refractivity contribution in [1.29, 1.82) is 0 Å². The topological polar surface area (TPSA) is 44.8 Å². The van der Waals surface area contributed by atoms with Gasteiger partial charge in [-0.05, 0) is 30.5 Å². The van der Waals surface area contributed by atoms with Gasteiger partial charge in [0.2, 0.25) is 0 Å². The van der Waals surface area contributed by atoms with Crippen LogP contribution in [0.15, 0.2) is 18.2 Å². The maximum absolute atomic E-state index is 11.0. The van der Waals surface area contributed by atoms with Crippen LogP contribution in [0.25, 0.3) is 0 Å². The molecule has 1 unspecified atom stereocenters. The third-order valence-corrected chi connectivity index (χ3v) is 3.03. The van der Waals surface area contributed by atoms with Gasteiger partial charge in [-0.25, -0.2) is 0 Å². The molecule has 0 saturated carbocycles. The van der Waals surface area contributed by atoms with Crippen molar-refractivity contribution in [2.45, 2.75) is 52.7 Å². The van der Waals surface area contributed by atoms with Gasteiger partial charge in [-0.3, -0.25) is 4.79 Å². The molecule has 0 aromatic heterocycles. The van der Waals surface area contributed by atoms with Crippen LogP contribution in [-0.2, 0) is 16.1 Å². The molecule has 1 aromatic carbocycles. The van der Waals surface area contributed by atoms with Gasteiger partial charge in [-0.1, -0.05) is 26.3 Å². The average molecular weight is 280 g/mol. The van der Waals surface area contributed by atoms with E-state index in [2.05, 4.69) is 13.8 Å². The van der Waals surface area contributed by atoms with Gasteiger partial charge in [-0.2, -0.15) is 0 Å². The fourth-order valence-electron chi connectivity index (χ4n) is 1.98. The van der Waals surface area contributed by atoms with Crippen molar-refractivity contribution in [1.82, 2.24) is 0 Å². The van der Waals surface area contributed by atoms with Crippen molar-refractivity contribution in [2.24, 2.45) is 0 Å². The van der Waals surface area contributed by atoms with Gasteiger partial charge >= 0.3 is 5.97 Å². The molecular formula is C16H24O4. The molecule has 0 saturated heterocycles. The quantitative estimate of drug-likeness (QED) is 0.538. The van der Waals surface area contributed by atoms with E-state index in [1.54, 1.807) is 13.2 Å². The van der Waals surface area contributed by atoms with Crippen LogP contribution >= 0.6 is 0 Å². The van der Waals surface area contributed by atoms with E-state index in [0.717, 1.165) is 24.8 Å². The molecule has 112 valence electrons. The molecule has 4 nitrogen and oxygen atoms in total. The van der Waals surface area contributed by atoms with E-state index in [-0.39, 0.29) is 5.97 Å². The Balaban J connectivity index is 2.69. The second-order valence-corrected chi connectivity index (χ2v) is 4.71. The number of hydrogen-bond acceptors (Lipinski definition) is 4. The molecule has 4 heteroatoms. The highest BCUT2D eigenvalue weighted by Gasteiger charge is 2.10. The van der Waals surface area contributed by atoms with Crippen molar-refractivity contribution in [2.75, 3.05) is 7.11 Å². The lowest BCUT2D eigenvalue weighted by Crippen LogP contribution is -2.11. The molecule has 1 atom stereocenters. The summed E-state index contributed by atoms with van der Waals surface area (Å²) < 4.78 is 16.2. The highest BCUT2D eigenvalue weighted by molar-refractivity contribution is 5.70. The van der Waals surface area contributed by atoms with Crippen molar-refractivity contribution < 1.29 is 19.0 Å². The first-order chi connectivity index (χ1) is 9.60. The summed E-state index contributed by atoms with van der Waals surface area (Å²) in [5.74, 6) is 0.621. The molecule has 0 heterocycles. The minimum atomic E-state index is -0.360. The van der Waals surface area contributed by atoms with E-state index < -0.39 is 0 Å². The monoisotopic (exact) mass is 280 g/mol.